The topological polar surface area (TPSA) is 99.1 Å². The summed E-state index contributed by atoms with van der Waals surface area (Å²) < 4.78 is 5.30. The predicted molar refractivity (Wildman–Crippen MR) is 73.3 cm³/mol. The Morgan fingerprint density at radius 1 is 1.52 bits per heavy atom. The van der Waals surface area contributed by atoms with Gasteiger partial charge >= 0.3 is 0 Å². The van der Waals surface area contributed by atoms with Crippen molar-refractivity contribution in [3.63, 3.8) is 0 Å². The molecule has 2 aromatic heterocycles. The van der Waals surface area contributed by atoms with E-state index in [-0.39, 0.29) is 6.04 Å². The van der Waals surface area contributed by atoms with Crippen molar-refractivity contribution in [1.29, 1.82) is 5.26 Å². The molecule has 0 amide bonds. The molecule has 2 aromatic rings. The third-order valence-electron chi connectivity index (χ3n) is 3.56. The van der Waals surface area contributed by atoms with Gasteiger partial charge in [-0.2, -0.15) is 10.2 Å². The molecule has 2 atom stereocenters. The molecule has 3 rings (SSSR count). The van der Waals surface area contributed by atoms with Crippen molar-refractivity contribution in [2.45, 2.75) is 31.9 Å². The molecule has 0 aliphatic carbocycles. The predicted octanol–water partition coefficient (Wildman–Crippen LogP) is 1.21. The lowest BCUT2D eigenvalue weighted by molar-refractivity contribution is 0.191. The molecule has 3 heterocycles. The number of hydrogen-bond acceptors (Lipinski definition) is 7. The minimum Gasteiger partial charge on any atom is -0.391 e. The monoisotopic (exact) mass is 285 g/mol. The van der Waals surface area contributed by atoms with Crippen LogP contribution in [-0.4, -0.2) is 32.9 Å². The number of hydrogen-bond donors (Lipinski definition) is 1. The van der Waals surface area contributed by atoms with E-state index in [1.54, 1.807) is 12.3 Å². The van der Waals surface area contributed by atoms with Crippen molar-refractivity contribution < 1.29 is 9.63 Å². The fourth-order valence-corrected chi connectivity index (χ4v) is 2.50. The Morgan fingerprint density at radius 3 is 3.00 bits per heavy atom. The molecular weight excluding hydrogens is 270 g/mol. The second-order valence-electron chi connectivity index (χ2n) is 4.97. The Kier molecular flexibility index (Phi) is 3.54. The van der Waals surface area contributed by atoms with Gasteiger partial charge in [0.25, 0.3) is 0 Å². The second-order valence-corrected chi connectivity index (χ2v) is 4.97. The summed E-state index contributed by atoms with van der Waals surface area (Å²) in [5, 5.41) is 22.7. The minimum atomic E-state index is -0.456. The number of nitriles is 1. The Labute approximate surface area is 121 Å². The summed E-state index contributed by atoms with van der Waals surface area (Å²) in [5.41, 5.74) is 1.19. The number of aromatic nitrogens is 3. The molecule has 0 bridgehead atoms. The molecule has 7 heteroatoms. The maximum atomic E-state index is 9.95. The van der Waals surface area contributed by atoms with Gasteiger partial charge in [0, 0.05) is 19.4 Å². The lowest BCUT2D eigenvalue weighted by Crippen LogP contribution is -2.24. The fourth-order valence-electron chi connectivity index (χ4n) is 2.50. The summed E-state index contributed by atoms with van der Waals surface area (Å²) in [6, 6.07) is 5.29. The van der Waals surface area contributed by atoms with Crippen molar-refractivity contribution in [1.82, 2.24) is 15.1 Å². The summed E-state index contributed by atoms with van der Waals surface area (Å²) >= 11 is 0. The standard InChI is InChI=1S/C14H15N5O2/c1-2-13-17-14(21-18-13)12-5-11(20)8-19(12)10-4-3-9(6-15)16-7-10/h3-4,7,11-12,20H,2,5,8H2,1H3/t11-,12+/m0/s1. The third-order valence-corrected chi connectivity index (χ3v) is 3.56. The highest BCUT2D eigenvalue weighted by Crippen LogP contribution is 2.35. The first-order valence-electron chi connectivity index (χ1n) is 6.84. The number of anilines is 1. The van der Waals surface area contributed by atoms with Crippen LogP contribution in [0.1, 0.15) is 36.8 Å². The van der Waals surface area contributed by atoms with Gasteiger partial charge in [0.05, 0.1) is 18.0 Å². The van der Waals surface area contributed by atoms with Gasteiger partial charge in [0.1, 0.15) is 17.8 Å². The molecule has 1 aliphatic heterocycles. The van der Waals surface area contributed by atoms with E-state index in [4.69, 9.17) is 9.78 Å². The Bertz CT molecular complexity index is 661. The van der Waals surface area contributed by atoms with E-state index in [0.29, 0.717) is 36.8 Å². The van der Waals surface area contributed by atoms with Gasteiger partial charge < -0.3 is 14.5 Å². The lowest BCUT2D eigenvalue weighted by atomic mass is 10.2. The van der Waals surface area contributed by atoms with Crippen LogP contribution in [0.2, 0.25) is 0 Å². The SMILES string of the molecule is CCc1noc([C@H]2C[C@H](O)CN2c2ccc(C#N)nc2)n1. The Balaban J connectivity index is 1.89. The van der Waals surface area contributed by atoms with Gasteiger partial charge in [-0.3, -0.25) is 0 Å². The zero-order chi connectivity index (χ0) is 14.8. The van der Waals surface area contributed by atoms with E-state index >= 15 is 0 Å². The number of aliphatic hydroxyl groups excluding tert-OH is 1. The van der Waals surface area contributed by atoms with Crippen LogP contribution in [-0.2, 0) is 6.42 Å². The van der Waals surface area contributed by atoms with Crippen LogP contribution in [0.3, 0.4) is 0 Å². The summed E-state index contributed by atoms with van der Waals surface area (Å²) in [5.74, 6) is 1.16. The summed E-state index contributed by atoms with van der Waals surface area (Å²) in [6.07, 6.45) is 2.41. The highest BCUT2D eigenvalue weighted by molar-refractivity contribution is 5.49. The van der Waals surface area contributed by atoms with Gasteiger partial charge in [0.15, 0.2) is 5.82 Å². The van der Waals surface area contributed by atoms with Gasteiger partial charge in [0.2, 0.25) is 5.89 Å². The van der Waals surface area contributed by atoms with Crippen LogP contribution in [0, 0.1) is 11.3 Å². The number of β-amino-alcohol motifs (C(OH)–C–C–N with tert-alkyl or cyclic N) is 1. The number of aryl methyl sites for hydroxylation is 1. The number of nitrogens with zero attached hydrogens (tertiary/aromatic N) is 5. The van der Waals surface area contributed by atoms with Gasteiger partial charge in [-0.15, -0.1) is 0 Å². The molecule has 1 N–H and O–H groups in total. The lowest BCUT2D eigenvalue weighted by Gasteiger charge is -2.23. The van der Waals surface area contributed by atoms with E-state index < -0.39 is 6.10 Å². The van der Waals surface area contributed by atoms with Crippen molar-refractivity contribution >= 4 is 5.69 Å². The molecule has 7 nitrogen and oxygen atoms in total. The first-order valence-corrected chi connectivity index (χ1v) is 6.84. The first-order chi connectivity index (χ1) is 10.2. The van der Waals surface area contributed by atoms with E-state index in [9.17, 15) is 5.11 Å². The Hall–Kier alpha value is -2.46. The third kappa shape index (κ3) is 2.58. The zero-order valence-electron chi connectivity index (χ0n) is 11.6. The minimum absolute atomic E-state index is 0.164. The molecule has 0 unspecified atom stereocenters. The highest BCUT2D eigenvalue weighted by Gasteiger charge is 2.36. The molecule has 0 saturated carbocycles. The molecule has 1 fully saturated rings. The first kappa shape index (κ1) is 13.5. The molecule has 0 spiro atoms. The van der Waals surface area contributed by atoms with Crippen molar-refractivity contribution in [3.8, 4) is 6.07 Å². The molecular formula is C14H15N5O2. The van der Waals surface area contributed by atoms with E-state index in [0.717, 1.165) is 5.69 Å². The van der Waals surface area contributed by atoms with Crippen LogP contribution >= 0.6 is 0 Å². The van der Waals surface area contributed by atoms with E-state index in [1.807, 2.05) is 24.0 Å². The van der Waals surface area contributed by atoms with Crippen LogP contribution in [0.5, 0.6) is 0 Å². The molecule has 1 saturated heterocycles. The van der Waals surface area contributed by atoms with Crippen LogP contribution in [0.25, 0.3) is 0 Å². The maximum Gasteiger partial charge on any atom is 0.249 e. The average molecular weight is 285 g/mol. The normalized spacial score (nSPS) is 21.5. The summed E-state index contributed by atoms with van der Waals surface area (Å²) in [7, 11) is 0. The van der Waals surface area contributed by atoms with Gasteiger partial charge in [-0.05, 0) is 12.1 Å². The van der Waals surface area contributed by atoms with Crippen LogP contribution in [0.15, 0.2) is 22.9 Å². The second kappa shape index (κ2) is 5.50. The molecule has 0 radical (unpaired) electrons. The highest BCUT2D eigenvalue weighted by atomic mass is 16.5. The molecule has 108 valence electrons. The maximum absolute atomic E-state index is 9.95. The number of pyridine rings is 1. The summed E-state index contributed by atoms with van der Waals surface area (Å²) in [4.78, 5) is 10.4. The molecule has 0 aromatic carbocycles. The quantitative estimate of drug-likeness (QED) is 0.904. The van der Waals surface area contributed by atoms with Gasteiger partial charge in [-0.25, -0.2) is 4.98 Å². The van der Waals surface area contributed by atoms with E-state index in [2.05, 4.69) is 15.1 Å². The Morgan fingerprint density at radius 2 is 2.38 bits per heavy atom. The molecule has 21 heavy (non-hydrogen) atoms. The largest absolute Gasteiger partial charge is 0.391 e. The number of aliphatic hydroxyl groups is 1. The van der Waals surface area contributed by atoms with Gasteiger partial charge in [-0.1, -0.05) is 12.1 Å². The van der Waals surface area contributed by atoms with Crippen molar-refractivity contribution in [2.24, 2.45) is 0 Å². The molecule has 1 aliphatic rings. The number of rotatable bonds is 3. The average Bonchev–Trinajstić information content (AvgIpc) is 3.13. The smallest absolute Gasteiger partial charge is 0.249 e. The zero-order valence-corrected chi connectivity index (χ0v) is 11.6. The van der Waals surface area contributed by atoms with Crippen LogP contribution in [0.4, 0.5) is 5.69 Å². The fraction of sp³-hybridized carbons (Fsp3) is 0.429. The van der Waals surface area contributed by atoms with Crippen molar-refractivity contribution in [2.75, 3.05) is 11.4 Å². The van der Waals surface area contributed by atoms with Crippen molar-refractivity contribution in [3.05, 3.63) is 35.7 Å². The summed E-state index contributed by atoms with van der Waals surface area (Å²) in [6.45, 7) is 2.43. The van der Waals surface area contributed by atoms with Crippen LogP contribution < -0.4 is 4.90 Å². The van der Waals surface area contributed by atoms with E-state index in [1.165, 1.54) is 0 Å².